The smallest absolute Gasteiger partial charge is 0.240 e. The van der Waals surface area contributed by atoms with Gasteiger partial charge in [-0.1, -0.05) is 0 Å². The maximum Gasteiger partial charge on any atom is 0.240 e. The number of hydrogen-bond acceptors (Lipinski definition) is 3. The van der Waals surface area contributed by atoms with E-state index < -0.39 is 21.9 Å². The molecule has 0 saturated heterocycles. The summed E-state index contributed by atoms with van der Waals surface area (Å²) in [6, 6.07) is 3.57. The van der Waals surface area contributed by atoms with Gasteiger partial charge in [-0.2, -0.15) is 0 Å². The molecule has 2 N–H and O–H groups in total. The van der Waals surface area contributed by atoms with Gasteiger partial charge >= 0.3 is 0 Å². The van der Waals surface area contributed by atoms with Gasteiger partial charge in [-0.05, 0) is 47.5 Å². The van der Waals surface area contributed by atoms with Crippen molar-refractivity contribution < 1.29 is 17.9 Å². The standard InChI is InChI=1S/C10H13BrFNO3S/c1-7(14)4-5-13-17(15,16)8-2-3-9(11)10(12)6-8/h2-3,6-7,13-14H,4-5H2,1H3. The molecule has 0 bridgehead atoms. The van der Waals surface area contributed by atoms with Gasteiger partial charge in [0.15, 0.2) is 0 Å². The molecule has 0 spiro atoms. The van der Waals surface area contributed by atoms with Crippen molar-refractivity contribution in [3.05, 3.63) is 28.5 Å². The van der Waals surface area contributed by atoms with Gasteiger partial charge in [0.2, 0.25) is 10.0 Å². The van der Waals surface area contributed by atoms with Crippen LogP contribution >= 0.6 is 15.9 Å². The van der Waals surface area contributed by atoms with E-state index in [1.54, 1.807) is 6.92 Å². The maximum absolute atomic E-state index is 13.2. The van der Waals surface area contributed by atoms with Gasteiger partial charge in [-0.15, -0.1) is 0 Å². The lowest BCUT2D eigenvalue weighted by Crippen LogP contribution is -2.26. The Hall–Kier alpha value is -0.500. The molecule has 1 aromatic rings. The first-order chi connectivity index (χ1) is 7.83. The second-order valence-electron chi connectivity index (χ2n) is 3.61. The molecule has 17 heavy (non-hydrogen) atoms. The largest absolute Gasteiger partial charge is 0.393 e. The first-order valence-corrected chi connectivity index (χ1v) is 7.23. The zero-order valence-corrected chi connectivity index (χ0v) is 11.6. The number of benzene rings is 1. The van der Waals surface area contributed by atoms with Crippen molar-refractivity contribution in [1.82, 2.24) is 4.72 Å². The van der Waals surface area contributed by atoms with Crippen LogP contribution in [0.1, 0.15) is 13.3 Å². The average molecular weight is 326 g/mol. The molecule has 7 heteroatoms. The number of aliphatic hydroxyl groups is 1. The third-order valence-corrected chi connectivity index (χ3v) is 4.16. The van der Waals surface area contributed by atoms with Crippen LogP contribution in [0.4, 0.5) is 4.39 Å². The predicted molar refractivity (Wildman–Crippen MR) is 65.6 cm³/mol. The fourth-order valence-corrected chi connectivity index (χ4v) is 2.44. The van der Waals surface area contributed by atoms with E-state index in [0.29, 0.717) is 6.42 Å². The Morgan fingerprint density at radius 2 is 2.18 bits per heavy atom. The van der Waals surface area contributed by atoms with E-state index in [2.05, 4.69) is 20.7 Å². The molecule has 0 saturated carbocycles. The highest BCUT2D eigenvalue weighted by Crippen LogP contribution is 2.19. The van der Waals surface area contributed by atoms with Crippen LogP contribution in [0, 0.1) is 5.82 Å². The highest BCUT2D eigenvalue weighted by Gasteiger charge is 2.15. The van der Waals surface area contributed by atoms with Gasteiger partial charge in [-0.25, -0.2) is 17.5 Å². The molecule has 0 radical (unpaired) electrons. The van der Waals surface area contributed by atoms with Crippen LogP contribution in [0.3, 0.4) is 0 Å². The van der Waals surface area contributed by atoms with E-state index in [1.165, 1.54) is 12.1 Å². The predicted octanol–water partition coefficient (Wildman–Crippen LogP) is 1.64. The van der Waals surface area contributed by atoms with E-state index in [9.17, 15) is 12.8 Å². The van der Waals surface area contributed by atoms with Crippen molar-refractivity contribution in [2.24, 2.45) is 0 Å². The normalized spacial score (nSPS) is 13.6. The second kappa shape index (κ2) is 5.90. The minimum Gasteiger partial charge on any atom is -0.393 e. The maximum atomic E-state index is 13.2. The number of halogens is 2. The Kier molecular flexibility index (Phi) is 5.05. The van der Waals surface area contributed by atoms with E-state index in [0.717, 1.165) is 6.07 Å². The van der Waals surface area contributed by atoms with E-state index >= 15 is 0 Å². The van der Waals surface area contributed by atoms with Gasteiger partial charge in [0, 0.05) is 6.54 Å². The van der Waals surface area contributed by atoms with Crippen molar-refractivity contribution in [2.45, 2.75) is 24.3 Å². The molecule has 1 aromatic carbocycles. The molecule has 1 unspecified atom stereocenters. The first-order valence-electron chi connectivity index (χ1n) is 4.95. The fourth-order valence-electron chi connectivity index (χ4n) is 1.13. The number of nitrogens with one attached hydrogen (secondary N) is 1. The van der Waals surface area contributed by atoms with Crippen molar-refractivity contribution in [3.63, 3.8) is 0 Å². The van der Waals surface area contributed by atoms with Gasteiger partial charge in [0.1, 0.15) is 5.82 Å². The molecular formula is C10H13BrFNO3S. The van der Waals surface area contributed by atoms with Crippen LogP contribution in [0.25, 0.3) is 0 Å². The summed E-state index contributed by atoms with van der Waals surface area (Å²) in [5.74, 6) is -0.636. The van der Waals surface area contributed by atoms with Gasteiger partial charge in [0.25, 0.3) is 0 Å². The number of aliphatic hydroxyl groups excluding tert-OH is 1. The summed E-state index contributed by atoms with van der Waals surface area (Å²) < 4.78 is 39.1. The Morgan fingerprint density at radius 1 is 1.53 bits per heavy atom. The second-order valence-corrected chi connectivity index (χ2v) is 6.23. The fraction of sp³-hybridized carbons (Fsp3) is 0.400. The lowest BCUT2D eigenvalue weighted by atomic mass is 10.3. The molecule has 0 aromatic heterocycles. The molecule has 96 valence electrons. The first kappa shape index (κ1) is 14.6. The molecular weight excluding hydrogens is 313 g/mol. The summed E-state index contributed by atoms with van der Waals surface area (Å²) in [6.07, 6.45) is -0.280. The minimum atomic E-state index is -3.72. The molecule has 0 amide bonds. The summed E-state index contributed by atoms with van der Waals surface area (Å²) in [5.41, 5.74) is 0. The molecule has 0 aliphatic carbocycles. The van der Waals surface area contributed by atoms with E-state index in [-0.39, 0.29) is 15.9 Å². The highest BCUT2D eigenvalue weighted by atomic mass is 79.9. The van der Waals surface area contributed by atoms with E-state index in [1.807, 2.05) is 0 Å². The number of rotatable bonds is 5. The highest BCUT2D eigenvalue weighted by molar-refractivity contribution is 9.10. The number of sulfonamides is 1. The molecule has 1 atom stereocenters. The molecule has 4 nitrogen and oxygen atoms in total. The quantitative estimate of drug-likeness (QED) is 0.864. The summed E-state index contributed by atoms with van der Waals surface area (Å²) >= 11 is 2.94. The van der Waals surface area contributed by atoms with Crippen molar-refractivity contribution >= 4 is 26.0 Å². The van der Waals surface area contributed by atoms with Gasteiger partial charge in [0.05, 0.1) is 15.5 Å². The molecule has 0 aliphatic heterocycles. The van der Waals surface area contributed by atoms with Crippen molar-refractivity contribution in [2.75, 3.05) is 6.54 Å². The Morgan fingerprint density at radius 3 is 2.71 bits per heavy atom. The third-order valence-electron chi connectivity index (χ3n) is 2.06. The monoisotopic (exact) mass is 325 g/mol. The average Bonchev–Trinajstić information content (AvgIpc) is 2.21. The minimum absolute atomic E-state index is 0.109. The molecule has 0 fully saturated rings. The molecule has 0 heterocycles. The molecule has 0 aliphatic rings. The van der Waals surface area contributed by atoms with Gasteiger partial charge in [-0.3, -0.25) is 0 Å². The van der Waals surface area contributed by atoms with E-state index in [4.69, 9.17) is 5.11 Å². The lowest BCUT2D eigenvalue weighted by molar-refractivity contribution is 0.186. The molecule has 1 rings (SSSR count). The zero-order valence-electron chi connectivity index (χ0n) is 9.15. The Balaban J connectivity index is 2.79. The Labute approximate surface area is 108 Å². The Bertz CT molecular complexity index is 490. The van der Waals surface area contributed by atoms with Crippen LogP contribution in [0.15, 0.2) is 27.6 Å². The van der Waals surface area contributed by atoms with Crippen LogP contribution < -0.4 is 4.72 Å². The summed E-state index contributed by atoms with van der Waals surface area (Å²) in [7, 11) is -3.72. The topological polar surface area (TPSA) is 66.4 Å². The van der Waals surface area contributed by atoms with Crippen molar-refractivity contribution in [1.29, 1.82) is 0 Å². The SMILES string of the molecule is CC(O)CCNS(=O)(=O)c1ccc(Br)c(F)c1. The van der Waals surface area contributed by atoms with Crippen LogP contribution in [0.2, 0.25) is 0 Å². The lowest BCUT2D eigenvalue weighted by Gasteiger charge is -2.08. The number of hydrogen-bond donors (Lipinski definition) is 2. The van der Waals surface area contributed by atoms with Crippen molar-refractivity contribution in [3.8, 4) is 0 Å². The zero-order chi connectivity index (χ0) is 13.1. The van der Waals surface area contributed by atoms with Gasteiger partial charge < -0.3 is 5.11 Å². The summed E-state index contributed by atoms with van der Waals surface area (Å²) in [6.45, 7) is 1.67. The summed E-state index contributed by atoms with van der Waals surface area (Å²) in [4.78, 5) is -0.135. The summed E-state index contributed by atoms with van der Waals surface area (Å²) in [5, 5.41) is 9.00. The van der Waals surface area contributed by atoms with Crippen LogP contribution in [-0.2, 0) is 10.0 Å². The van der Waals surface area contributed by atoms with Crippen LogP contribution in [0.5, 0.6) is 0 Å². The third kappa shape index (κ3) is 4.34. The van der Waals surface area contributed by atoms with Crippen LogP contribution in [-0.4, -0.2) is 26.2 Å².